The average molecular weight is 367 g/mol. The van der Waals surface area contributed by atoms with E-state index in [2.05, 4.69) is 22.5 Å². The summed E-state index contributed by atoms with van der Waals surface area (Å²) in [5.41, 5.74) is -0.0136. The summed E-state index contributed by atoms with van der Waals surface area (Å²) in [6.45, 7) is 6.84. The van der Waals surface area contributed by atoms with Gasteiger partial charge in [-0.1, -0.05) is 41.4 Å². The molecule has 1 unspecified atom stereocenters. The van der Waals surface area contributed by atoms with E-state index in [1.54, 1.807) is 0 Å². The molecule has 1 atom stereocenters. The van der Waals surface area contributed by atoms with Gasteiger partial charge in [0.1, 0.15) is 12.0 Å². The van der Waals surface area contributed by atoms with Crippen molar-refractivity contribution >= 4 is 33.4 Å². The summed E-state index contributed by atoms with van der Waals surface area (Å²) >= 11 is 0. The number of rotatable bonds is 12. The molecule has 0 radical (unpaired) electrons. The number of ether oxygens (including phenoxy) is 2. The van der Waals surface area contributed by atoms with Gasteiger partial charge in [0.2, 0.25) is 11.8 Å². The minimum Gasteiger partial charge on any atom is -0.369 e. The van der Waals surface area contributed by atoms with Crippen LogP contribution in [0.5, 0.6) is 0 Å². The molecule has 0 heterocycles. The predicted molar refractivity (Wildman–Crippen MR) is 100 cm³/mol. The molecule has 0 aliphatic carbocycles. The van der Waals surface area contributed by atoms with Crippen LogP contribution in [0.25, 0.3) is 0 Å². The smallest absolute Gasteiger partial charge is 0.246 e. The van der Waals surface area contributed by atoms with E-state index < -0.39 is 0 Å². The molecular formula is C15H30N2O4S2. The average Bonchev–Trinajstić information content (AvgIpc) is 2.55. The third kappa shape index (κ3) is 15.8. The van der Waals surface area contributed by atoms with Gasteiger partial charge in [0, 0.05) is 15.7 Å². The molecule has 0 bridgehead atoms. The van der Waals surface area contributed by atoms with Gasteiger partial charge in [-0.05, 0) is 6.92 Å². The Morgan fingerprint density at radius 1 is 1.17 bits per heavy atom. The van der Waals surface area contributed by atoms with Gasteiger partial charge in [0.15, 0.2) is 0 Å². The summed E-state index contributed by atoms with van der Waals surface area (Å²) in [7, 11) is 3.07. The van der Waals surface area contributed by atoms with Crippen LogP contribution in [0.15, 0.2) is 0 Å². The molecule has 136 valence electrons. The van der Waals surface area contributed by atoms with Crippen molar-refractivity contribution in [3.05, 3.63) is 0 Å². The van der Waals surface area contributed by atoms with E-state index in [4.69, 9.17) is 9.47 Å². The number of carbonyl (C=O) groups is 2. The highest BCUT2D eigenvalue weighted by molar-refractivity contribution is 8.76. The molecule has 8 heteroatoms. The summed E-state index contributed by atoms with van der Waals surface area (Å²) in [6, 6.07) is 0. The highest BCUT2D eigenvalue weighted by Gasteiger charge is 2.05. The van der Waals surface area contributed by atoms with Crippen LogP contribution in [0, 0.1) is 11.8 Å². The minimum atomic E-state index is -0.181. The quantitative estimate of drug-likeness (QED) is 0.239. The molecule has 0 aliphatic heterocycles. The zero-order valence-electron chi connectivity index (χ0n) is 14.0. The number of carbonyl (C=O) groups excluding carboxylic acids is 2. The molecule has 0 saturated carbocycles. The van der Waals surface area contributed by atoms with Crippen LogP contribution in [-0.4, -0.2) is 49.5 Å². The van der Waals surface area contributed by atoms with E-state index in [-0.39, 0.29) is 26.7 Å². The summed E-state index contributed by atoms with van der Waals surface area (Å²) in [6.07, 6.45) is 1.27. The van der Waals surface area contributed by atoms with Gasteiger partial charge < -0.3 is 20.1 Å². The second kappa shape index (κ2) is 16.0. The molecule has 2 amide bonds. The first-order valence-corrected chi connectivity index (χ1v) is 9.95. The summed E-state index contributed by atoms with van der Waals surface area (Å²) in [4.78, 5) is 22.4. The highest BCUT2D eigenvalue weighted by Crippen LogP contribution is 2.26. The van der Waals surface area contributed by atoms with Crippen molar-refractivity contribution in [2.45, 2.75) is 39.0 Å². The Labute approximate surface area is 149 Å². The van der Waals surface area contributed by atoms with Gasteiger partial charge >= 0.3 is 0 Å². The van der Waals surface area contributed by atoms with Crippen LogP contribution in [0.1, 0.15) is 36.5 Å². The molecule has 0 aliphatic rings. The SMILES string of the molecule is CCC#CCNC(=O)COCCOC(C)SSCNC(=O)CC.[HH].[HH]. The fraction of sp³-hybridized carbons (Fsp3) is 0.733. The molecule has 2 N–H and O–H groups in total. The lowest BCUT2D eigenvalue weighted by atomic mass is 10.4. The van der Waals surface area contributed by atoms with E-state index in [9.17, 15) is 9.59 Å². The third-order valence-corrected chi connectivity index (χ3v) is 4.72. The monoisotopic (exact) mass is 366 g/mol. The van der Waals surface area contributed by atoms with Crippen LogP contribution >= 0.6 is 21.6 Å². The standard InChI is InChI=1S/C15H26N2O4S2.2H2/c1-4-6-7-8-16-15(19)11-20-9-10-21-13(3)23-22-12-17-14(18)5-2;;/h13H,4-5,8-12H2,1-3H3,(H,16,19)(H,17,18);2*1H. The molecule has 0 rings (SSSR count). The maximum absolute atomic E-state index is 11.4. The lowest BCUT2D eigenvalue weighted by molar-refractivity contribution is -0.126. The van der Waals surface area contributed by atoms with E-state index in [0.29, 0.717) is 32.1 Å². The summed E-state index contributed by atoms with van der Waals surface area (Å²) in [5, 5.41) is 5.42. The molecule has 0 spiro atoms. The van der Waals surface area contributed by atoms with Crippen molar-refractivity contribution in [1.29, 1.82) is 0 Å². The van der Waals surface area contributed by atoms with E-state index >= 15 is 0 Å². The van der Waals surface area contributed by atoms with Crippen molar-refractivity contribution in [3.8, 4) is 11.8 Å². The van der Waals surface area contributed by atoms with Crippen molar-refractivity contribution in [2.75, 3.05) is 32.2 Å². The van der Waals surface area contributed by atoms with Crippen molar-refractivity contribution in [2.24, 2.45) is 0 Å². The molecular weight excluding hydrogens is 336 g/mol. The third-order valence-electron chi connectivity index (χ3n) is 2.34. The Kier molecular flexibility index (Phi) is 15.4. The lowest BCUT2D eigenvalue weighted by Crippen LogP contribution is -2.28. The first kappa shape index (κ1) is 22.1. The Hall–Kier alpha value is -0.880. The molecule has 0 saturated heterocycles. The van der Waals surface area contributed by atoms with E-state index in [1.165, 1.54) is 21.6 Å². The van der Waals surface area contributed by atoms with Crippen molar-refractivity contribution in [1.82, 2.24) is 10.6 Å². The Morgan fingerprint density at radius 2 is 1.96 bits per heavy atom. The van der Waals surface area contributed by atoms with Gasteiger partial charge in [-0.3, -0.25) is 9.59 Å². The molecule has 0 aromatic carbocycles. The number of amides is 2. The van der Waals surface area contributed by atoms with Crippen molar-refractivity contribution < 1.29 is 21.9 Å². The van der Waals surface area contributed by atoms with Gasteiger partial charge in [0.05, 0.1) is 25.6 Å². The van der Waals surface area contributed by atoms with E-state index in [0.717, 1.165) is 6.42 Å². The fourth-order valence-corrected chi connectivity index (χ4v) is 2.97. The van der Waals surface area contributed by atoms with Crippen molar-refractivity contribution in [3.63, 3.8) is 0 Å². The molecule has 0 aromatic rings. The van der Waals surface area contributed by atoms with E-state index in [1.807, 2.05) is 20.8 Å². The second-order valence-electron chi connectivity index (χ2n) is 4.29. The second-order valence-corrected chi connectivity index (χ2v) is 6.95. The summed E-state index contributed by atoms with van der Waals surface area (Å²) < 4.78 is 10.7. The van der Waals surface area contributed by atoms with Gasteiger partial charge in [-0.15, -0.1) is 5.92 Å². The Balaban J connectivity index is -0.00000242. The normalized spacial score (nSPS) is 11.3. The number of hydrogen-bond donors (Lipinski definition) is 2. The Bertz CT molecular complexity index is 407. The first-order chi connectivity index (χ1) is 11.1. The Morgan fingerprint density at radius 3 is 2.65 bits per heavy atom. The first-order valence-electron chi connectivity index (χ1n) is 7.56. The van der Waals surface area contributed by atoms with Gasteiger partial charge in [-0.25, -0.2) is 0 Å². The number of nitrogens with one attached hydrogen (secondary N) is 2. The summed E-state index contributed by atoms with van der Waals surface area (Å²) in [5.74, 6) is 6.11. The number of hydrogen-bond acceptors (Lipinski definition) is 6. The maximum atomic E-state index is 11.4. The topological polar surface area (TPSA) is 76.7 Å². The molecule has 6 nitrogen and oxygen atoms in total. The van der Waals surface area contributed by atoms with Crippen LogP contribution in [0.4, 0.5) is 0 Å². The van der Waals surface area contributed by atoms with Gasteiger partial charge in [-0.2, -0.15) is 0 Å². The van der Waals surface area contributed by atoms with Gasteiger partial charge in [0.25, 0.3) is 0 Å². The van der Waals surface area contributed by atoms with Crippen LogP contribution in [-0.2, 0) is 19.1 Å². The fourth-order valence-electron chi connectivity index (χ4n) is 1.21. The largest absolute Gasteiger partial charge is 0.369 e. The molecule has 0 aromatic heterocycles. The lowest BCUT2D eigenvalue weighted by Gasteiger charge is -2.12. The van der Waals surface area contributed by atoms with Crippen LogP contribution in [0.3, 0.4) is 0 Å². The zero-order valence-corrected chi connectivity index (χ0v) is 15.6. The van der Waals surface area contributed by atoms with Crippen LogP contribution < -0.4 is 10.6 Å². The molecule has 0 fully saturated rings. The zero-order chi connectivity index (χ0) is 17.3. The van der Waals surface area contributed by atoms with Crippen LogP contribution in [0.2, 0.25) is 0 Å². The highest BCUT2D eigenvalue weighted by atomic mass is 33.1. The predicted octanol–water partition coefficient (Wildman–Crippen LogP) is 2.25. The molecule has 23 heavy (non-hydrogen) atoms. The maximum Gasteiger partial charge on any atom is 0.246 e. The minimum absolute atomic E-state index is 0.